The van der Waals surface area contributed by atoms with Crippen molar-refractivity contribution in [3.8, 4) is 5.75 Å². The minimum Gasteiger partial charge on any atom is -0.493 e. The Morgan fingerprint density at radius 1 is 1.47 bits per heavy atom. The van der Waals surface area contributed by atoms with E-state index < -0.39 is 0 Å². The third-order valence-corrected chi connectivity index (χ3v) is 3.04. The van der Waals surface area contributed by atoms with E-state index in [1.807, 2.05) is 6.07 Å². The van der Waals surface area contributed by atoms with Gasteiger partial charge in [-0.25, -0.2) is 0 Å². The lowest BCUT2D eigenvalue weighted by atomic mass is 10.2. The van der Waals surface area contributed by atoms with Crippen molar-refractivity contribution in [1.82, 2.24) is 4.90 Å². The number of hydrogen-bond acceptors (Lipinski definition) is 3. The lowest BCUT2D eigenvalue weighted by molar-refractivity contribution is -0.129. The van der Waals surface area contributed by atoms with Gasteiger partial charge in [0, 0.05) is 18.6 Å². The molecule has 0 saturated heterocycles. The van der Waals surface area contributed by atoms with Crippen LogP contribution < -0.4 is 4.74 Å². The summed E-state index contributed by atoms with van der Waals surface area (Å²) in [5.41, 5.74) is 0.765. The Hall–Kier alpha value is -1.07. The molecular weight excluding hydrogens is 286 g/mol. The molecule has 0 saturated carbocycles. The number of carbonyl (C=O) groups is 1. The fourth-order valence-electron chi connectivity index (χ4n) is 1.24. The molecule has 0 unspecified atom stereocenters. The number of benzene rings is 1. The largest absolute Gasteiger partial charge is 0.493 e. The summed E-state index contributed by atoms with van der Waals surface area (Å²) < 4.78 is 6.29. The fraction of sp³-hybridized carbons (Fsp3) is 0.417. The summed E-state index contributed by atoms with van der Waals surface area (Å²) in [6.45, 7) is 0.290. The SMILES string of the molecule is CN(C)C(=O)CCOc1ccc(Br)c(CO)c1. The minimum absolute atomic E-state index is 0.0319. The monoisotopic (exact) mass is 301 g/mol. The summed E-state index contributed by atoms with van der Waals surface area (Å²) in [6, 6.07) is 5.36. The zero-order valence-electron chi connectivity index (χ0n) is 9.94. The van der Waals surface area contributed by atoms with Gasteiger partial charge < -0.3 is 14.7 Å². The number of carbonyl (C=O) groups excluding carboxylic acids is 1. The maximum Gasteiger partial charge on any atom is 0.225 e. The van der Waals surface area contributed by atoms with Gasteiger partial charge in [0.05, 0.1) is 19.6 Å². The molecule has 0 fully saturated rings. The van der Waals surface area contributed by atoms with Crippen LogP contribution in [0.25, 0.3) is 0 Å². The Morgan fingerprint density at radius 2 is 2.18 bits per heavy atom. The van der Waals surface area contributed by atoms with Crippen molar-refractivity contribution in [2.24, 2.45) is 0 Å². The molecule has 17 heavy (non-hydrogen) atoms. The van der Waals surface area contributed by atoms with E-state index in [-0.39, 0.29) is 12.5 Å². The van der Waals surface area contributed by atoms with E-state index in [4.69, 9.17) is 9.84 Å². The Labute approximate surface area is 109 Å². The third kappa shape index (κ3) is 4.36. The van der Waals surface area contributed by atoms with Crippen molar-refractivity contribution in [3.63, 3.8) is 0 Å². The summed E-state index contributed by atoms with van der Waals surface area (Å²) in [5, 5.41) is 9.08. The predicted octanol–water partition coefficient (Wildman–Crippen LogP) is 1.80. The molecule has 0 aromatic heterocycles. The fourth-order valence-corrected chi connectivity index (χ4v) is 1.61. The van der Waals surface area contributed by atoms with Gasteiger partial charge in [0.25, 0.3) is 0 Å². The van der Waals surface area contributed by atoms with E-state index in [2.05, 4.69) is 15.9 Å². The molecule has 0 aliphatic heterocycles. The van der Waals surface area contributed by atoms with Crippen molar-refractivity contribution in [2.45, 2.75) is 13.0 Å². The summed E-state index contributed by atoms with van der Waals surface area (Å²) >= 11 is 3.32. The average Bonchev–Trinajstić information content (AvgIpc) is 2.31. The van der Waals surface area contributed by atoms with Gasteiger partial charge in [0.15, 0.2) is 0 Å². The first kappa shape index (κ1) is 14.0. The maximum atomic E-state index is 11.3. The van der Waals surface area contributed by atoms with Gasteiger partial charge in [-0.15, -0.1) is 0 Å². The van der Waals surface area contributed by atoms with Crippen LogP contribution in [-0.2, 0) is 11.4 Å². The molecule has 0 aliphatic carbocycles. The molecule has 0 atom stereocenters. The Bertz CT molecular complexity index is 393. The zero-order chi connectivity index (χ0) is 12.8. The Balaban J connectivity index is 2.50. The minimum atomic E-state index is -0.0472. The quantitative estimate of drug-likeness (QED) is 0.902. The van der Waals surface area contributed by atoms with Gasteiger partial charge in [-0.05, 0) is 23.8 Å². The van der Waals surface area contributed by atoms with Gasteiger partial charge in [0.1, 0.15) is 5.75 Å². The number of amides is 1. The highest BCUT2D eigenvalue weighted by Crippen LogP contribution is 2.22. The molecule has 4 nitrogen and oxygen atoms in total. The van der Waals surface area contributed by atoms with Crippen LogP contribution in [0.2, 0.25) is 0 Å². The lowest BCUT2D eigenvalue weighted by Crippen LogP contribution is -2.23. The second-order valence-corrected chi connectivity index (χ2v) is 4.65. The smallest absolute Gasteiger partial charge is 0.225 e. The number of aliphatic hydroxyl groups is 1. The van der Waals surface area contributed by atoms with E-state index in [1.54, 1.807) is 26.2 Å². The molecule has 1 amide bonds. The highest BCUT2D eigenvalue weighted by molar-refractivity contribution is 9.10. The molecule has 94 valence electrons. The van der Waals surface area contributed by atoms with Gasteiger partial charge in [-0.3, -0.25) is 4.79 Å². The molecule has 1 aromatic carbocycles. The molecule has 1 N–H and O–H groups in total. The average molecular weight is 302 g/mol. The third-order valence-electron chi connectivity index (χ3n) is 2.27. The van der Waals surface area contributed by atoms with Gasteiger partial charge in [-0.1, -0.05) is 15.9 Å². The summed E-state index contributed by atoms with van der Waals surface area (Å²) in [5.74, 6) is 0.688. The van der Waals surface area contributed by atoms with E-state index in [0.29, 0.717) is 18.8 Å². The molecule has 0 heterocycles. The number of halogens is 1. The number of rotatable bonds is 5. The van der Waals surface area contributed by atoms with Crippen molar-refractivity contribution in [3.05, 3.63) is 28.2 Å². The van der Waals surface area contributed by atoms with Gasteiger partial charge in [-0.2, -0.15) is 0 Å². The van der Waals surface area contributed by atoms with Crippen LogP contribution in [0.4, 0.5) is 0 Å². The van der Waals surface area contributed by atoms with Crippen LogP contribution >= 0.6 is 15.9 Å². The zero-order valence-corrected chi connectivity index (χ0v) is 11.5. The molecule has 0 bridgehead atoms. The molecule has 1 rings (SSSR count). The molecule has 5 heteroatoms. The maximum absolute atomic E-state index is 11.3. The molecule has 0 spiro atoms. The first-order valence-electron chi connectivity index (χ1n) is 5.27. The van der Waals surface area contributed by atoms with E-state index in [0.717, 1.165) is 10.0 Å². The van der Waals surface area contributed by atoms with Crippen LogP contribution in [0.3, 0.4) is 0 Å². The summed E-state index contributed by atoms with van der Waals surface area (Å²) in [7, 11) is 3.43. The number of ether oxygens (including phenoxy) is 1. The molecule has 0 radical (unpaired) electrons. The van der Waals surface area contributed by atoms with Crippen LogP contribution in [0, 0.1) is 0 Å². The topological polar surface area (TPSA) is 49.8 Å². The highest BCUT2D eigenvalue weighted by Gasteiger charge is 2.05. The first-order valence-corrected chi connectivity index (χ1v) is 6.06. The van der Waals surface area contributed by atoms with Crippen LogP contribution in [0.5, 0.6) is 5.75 Å². The van der Waals surface area contributed by atoms with Gasteiger partial charge in [0.2, 0.25) is 5.91 Å². The first-order chi connectivity index (χ1) is 8.04. The standard InChI is InChI=1S/C12H16BrNO3/c1-14(2)12(16)5-6-17-10-3-4-11(13)9(7-10)8-15/h3-4,7,15H,5-6,8H2,1-2H3. The van der Waals surface area contributed by atoms with E-state index in [1.165, 1.54) is 4.90 Å². The predicted molar refractivity (Wildman–Crippen MR) is 68.9 cm³/mol. The summed E-state index contributed by atoms with van der Waals surface area (Å²) in [6.07, 6.45) is 0.345. The normalized spacial score (nSPS) is 10.1. The second kappa shape index (κ2) is 6.61. The number of nitrogens with zero attached hydrogens (tertiary/aromatic N) is 1. The lowest BCUT2D eigenvalue weighted by Gasteiger charge is -2.11. The van der Waals surface area contributed by atoms with Crippen molar-refractivity contribution in [1.29, 1.82) is 0 Å². The van der Waals surface area contributed by atoms with Crippen LogP contribution in [-0.4, -0.2) is 36.6 Å². The number of hydrogen-bond donors (Lipinski definition) is 1. The molecule has 1 aromatic rings. The number of aliphatic hydroxyl groups excluding tert-OH is 1. The van der Waals surface area contributed by atoms with Crippen molar-refractivity contribution >= 4 is 21.8 Å². The molecule has 0 aliphatic rings. The molecular formula is C12H16BrNO3. The highest BCUT2D eigenvalue weighted by atomic mass is 79.9. The Kier molecular flexibility index (Phi) is 5.44. The second-order valence-electron chi connectivity index (χ2n) is 3.80. The summed E-state index contributed by atoms with van der Waals surface area (Å²) in [4.78, 5) is 12.8. The van der Waals surface area contributed by atoms with Gasteiger partial charge >= 0.3 is 0 Å². The Morgan fingerprint density at radius 3 is 2.76 bits per heavy atom. The van der Waals surface area contributed by atoms with Crippen LogP contribution in [0.15, 0.2) is 22.7 Å². The van der Waals surface area contributed by atoms with Crippen molar-refractivity contribution < 1.29 is 14.6 Å². The van der Waals surface area contributed by atoms with E-state index in [9.17, 15) is 4.79 Å². The van der Waals surface area contributed by atoms with E-state index >= 15 is 0 Å². The van der Waals surface area contributed by atoms with Crippen molar-refractivity contribution in [2.75, 3.05) is 20.7 Å². The van der Waals surface area contributed by atoms with Crippen LogP contribution in [0.1, 0.15) is 12.0 Å².